The van der Waals surface area contributed by atoms with Gasteiger partial charge in [0.1, 0.15) is 6.61 Å². The number of nitrogens with zero attached hydrogens (tertiary/aromatic N) is 1. The predicted octanol–water partition coefficient (Wildman–Crippen LogP) is 3.32. The van der Waals surface area contributed by atoms with Crippen molar-refractivity contribution in [3.8, 4) is 5.88 Å². The Kier molecular flexibility index (Phi) is 7.16. The number of carbonyl (C=O) groups is 2. The zero-order valence-corrected chi connectivity index (χ0v) is 17.1. The van der Waals surface area contributed by atoms with Crippen molar-refractivity contribution in [2.24, 2.45) is 0 Å². The van der Waals surface area contributed by atoms with Crippen LogP contribution in [-0.2, 0) is 17.9 Å². The molecule has 2 amide bonds. The lowest BCUT2D eigenvalue weighted by Gasteiger charge is -2.09. The van der Waals surface area contributed by atoms with Crippen molar-refractivity contribution in [1.82, 2.24) is 15.6 Å². The molecule has 0 unspecified atom stereocenters. The molecule has 6 nitrogen and oxygen atoms in total. The van der Waals surface area contributed by atoms with Gasteiger partial charge in [0.15, 0.2) is 0 Å². The number of hydrogen-bond donors (Lipinski definition) is 2. The summed E-state index contributed by atoms with van der Waals surface area (Å²) in [6, 6.07) is 18.9. The van der Waals surface area contributed by atoms with Gasteiger partial charge in [-0.15, -0.1) is 0 Å². The first-order valence-electron chi connectivity index (χ1n) is 9.75. The van der Waals surface area contributed by atoms with Crippen molar-refractivity contribution in [2.75, 3.05) is 6.54 Å². The Morgan fingerprint density at radius 3 is 2.47 bits per heavy atom. The molecule has 3 aromatic rings. The fourth-order valence-electron chi connectivity index (χ4n) is 2.78. The van der Waals surface area contributed by atoms with Crippen molar-refractivity contribution in [3.05, 3.63) is 94.7 Å². The van der Waals surface area contributed by atoms with Crippen LogP contribution in [-0.4, -0.2) is 23.3 Å². The number of rotatable bonds is 8. The van der Waals surface area contributed by atoms with Gasteiger partial charge < -0.3 is 15.4 Å². The molecule has 30 heavy (non-hydrogen) atoms. The number of nitrogens with one attached hydrogen (secondary N) is 2. The lowest BCUT2D eigenvalue weighted by atomic mass is 10.1. The Morgan fingerprint density at radius 1 is 0.900 bits per heavy atom. The summed E-state index contributed by atoms with van der Waals surface area (Å²) in [6.07, 6.45) is 1.64. The van der Waals surface area contributed by atoms with E-state index in [1.165, 1.54) is 0 Å². The van der Waals surface area contributed by atoms with Crippen molar-refractivity contribution >= 4 is 11.8 Å². The fourth-order valence-corrected chi connectivity index (χ4v) is 2.78. The molecule has 2 aromatic carbocycles. The summed E-state index contributed by atoms with van der Waals surface area (Å²) in [5, 5.41) is 5.43. The molecule has 0 saturated carbocycles. The maximum Gasteiger partial charge on any atom is 0.251 e. The maximum atomic E-state index is 12.2. The molecule has 0 atom stereocenters. The maximum absolute atomic E-state index is 12.2. The van der Waals surface area contributed by atoms with E-state index in [4.69, 9.17) is 4.74 Å². The number of amides is 2. The Labute approximate surface area is 176 Å². The average molecular weight is 403 g/mol. The van der Waals surface area contributed by atoms with Crippen molar-refractivity contribution in [2.45, 2.75) is 27.0 Å². The lowest BCUT2D eigenvalue weighted by molar-refractivity contribution is -0.120. The average Bonchev–Trinajstić information content (AvgIpc) is 2.77. The topological polar surface area (TPSA) is 80.3 Å². The smallest absolute Gasteiger partial charge is 0.251 e. The highest BCUT2D eigenvalue weighted by molar-refractivity contribution is 5.96. The minimum atomic E-state index is -0.270. The van der Waals surface area contributed by atoms with Gasteiger partial charge in [0.05, 0.1) is 6.54 Å². The van der Waals surface area contributed by atoms with Crippen molar-refractivity contribution < 1.29 is 14.3 Å². The normalized spacial score (nSPS) is 10.3. The first-order chi connectivity index (χ1) is 14.5. The Bertz CT molecular complexity index is 1020. The molecule has 1 heterocycles. The molecule has 0 bridgehead atoms. The highest BCUT2D eigenvalue weighted by Crippen LogP contribution is 2.12. The molecule has 0 aliphatic carbocycles. The van der Waals surface area contributed by atoms with E-state index in [9.17, 15) is 9.59 Å². The molecule has 3 rings (SSSR count). The summed E-state index contributed by atoms with van der Waals surface area (Å²) in [5.41, 5.74) is 4.61. The van der Waals surface area contributed by atoms with Crippen LogP contribution < -0.4 is 15.4 Å². The number of carbonyl (C=O) groups excluding carboxylic acids is 2. The van der Waals surface area contributed by atoms with Crippen LogP contribution in [0.1, 0.15) is 32.6 Å². The minimum absolute atomic E-state index is 0.0891. The van der Waals surface area contributed by atoms with E-state index >= 15 is 0 Å². The van der Waals surface area contributed by atoms with E-state index in [0.29, 0.717) is 24.6 Å². The standard InChI is InChI=1S/C24H25N3O3/c1-17-8-9-21(12-18(17)2)24(29)27-15-22(28)26-14-20-10-11-25-23(13-20)30-16-19-6-4-3-5-7-19/h3-13H,14-16H2,1-2H3,(H,26,28)(H,27,29). The monoisotopic (exact) mass is 403 g/mol. The second-order valence-corrected chi connectivity index (χ2v) is 7.04. The first-order valence-corrected chi connectivity index (χ1v) is 9.75. The minimum Gasteiger partial charge on any atom is -0.473 e. The predicted molar refractivity (Wildman–Crippen MR) is 115 cm³/mol. The van der Waals surface area contributed by atoms with Gasteiger partial charge in [-0.1, -0.05) is 36.4 Å². The van der Waals surface area contributed by atoms with Crippen LogP contribution in [0.15, 0.2) is 66.9 Å². The van der Waals surface area contributed by atoms with Crippen LogP contribution in [0.4, 0.5) is 0 Å². The molecule has 0 fully saturated rings. The zero-order valence-electron chi connectivity index (χ0n) is 17.1. The van der Waals surface area contributed by atoms with E-state index in [1.54, 1.807) is 18.3 Å². The number of aryl methyl sites for hydroxylation is 2. The summed E-state index contributed by atoms with van der Waals surface area (Å²) in [7, 11) is 0. The van der Waals surface area contributed by atoms with Crippen molar-refractivity contribution in [3.63, 3.8) is 0 Å². The van der Waals surface area contributed by atoms with Gasteiger partial charge in [-0.3, -0.25) is 9.59 Å². The number of pyridine rings is 1. The summed E-state index contributed by atoms with van der Waals surface area (Å²) >= 11 is 0. The van der Waals surface area contributed by atoms with E-state index in [0.717, 1.165) is 22.3 Å². The third-order valence-corrected chi connectivity index (χ3v) is 4.70. The summed E-state index contributed by atoms with van der Waals surface area (Å²) in [5.74, 6) is -0.0434. The molecule has 154 valence electrons. The Morgan fingerprint density at radius 2 is 1.70 bits per heavy atom. The lowest BCUT2D eigenvalue weighted by Crippen LogP contribution is -2.36. The van der Waals surface area contributed by atoms with Gasteiger partial charge in [0, 0.05) is 24.4 Å². The molecule has 6 heteroatoms. The van der Waals surface area contributed by atoms with Gasteiger partial charge >= 0.3 is 0 Å². The van der Waals surface area contributed by atoms with E-state index < -0.39 is 0 Å². The number of ether oxygens (including phenoxy) is 1. The number of benzene rings is 2. The van der Waals surface area contributed by atoms with Crippen LogP contribution >= 0.6 is 0 Å². The molecule has 0 radical (unpaired) electrons. The first kappa shape index (κ1) is 21.0. The highest BCUT2D eigenvalue weighted by atomic mass is 16.5. The number of hydrogen-bond acceptors (Lipinski definition) is 4. The quantitative estimate of drug-likeness (QED) is 0.605. The third kappa shape index (κ3) is 6.17. The number of aromatic nitrogens is 1. The van der Waals surface area contributed by atoms with Crippen LogP contribution in [0.5, 0.6) is 5.88 Å². The van der Waals surface area contributed by atoms with Gasteiger partial charge in [-0.25, -0.2) is 4.98 Å². The molecule has 0 aliphatic heterocycles. The van der Waals surface area contributed by atoms with Gasteiger partial charge in [-0.2, -0.15) is 0 Å². The molecular formula is C24H25N3O3. The second-order valence-electron chi connectivity index (χ2n) is 7.04. The summed E-state index contributed by atoms with van der Waals surface area (Å²) in [4.78, 5) is 28.5. The van der Waals surface area contributed by atoms with Gasteiger partial charge in [0.25, 0.3) is 5.91 Å². The van der Waals surface area contributed by atoms with Gasteiger partial charge in [-0.05, 0) is 54.3 Å². The molecular weight excluding hydrogens is 378 g/mol. The fraction of sp³-hybridized carbons (Fsp3) is 0.208. The largest absolute Gasteiger partial charge is 0.473 e. The molecule has 0 aliphatic rings. The van der Waals surface area contributed by atoms with Crippen LogP contribution in [0.2, 0.25) is 0 Å². The highest BCUT2D eigenvalue weighted by Gasteiger charge is 2.09. The van der Waals surface area contributed by atoms with E-state index in [1.807, 2.05) is 62.4 Å². The van der Waals surface area contributed by atoms with Crippen LogP contribution in [0.25, 0.3) is 0 Å². The van der Waals surface area contributed by atoms with Crippen LogP contribution in [0, 0.1) is 13.8 Å². The van der Waals surface area contributed by atoms with E-state index in [2.05, 4.69) is 15.6 Å². The SMILES string of the molecule is Cc1ccc(C(=O)NCC(=O)NCc2ccnc(OCc3ccccc3)c2)cc1C. The van der Waals surface area contributed by atoms with Crippen LogP contribution in [0.3, 0.4) is 0 Å². The summed E-state index contributed by atoms with van der Waals surface area (Å²) < 4.78 is 5.70. The zero-order chi connectivity index (χ0) is 21.3. The molecule has 1 aromatic heterocycles. The van der Waals surface area contributed by atoms with Gasteiger partial charge in [0.2, 0.25) is 11.8 Å². The Hall–Kier alpha value is -3.67. The Balaban J connectivity index is 1.45. The van der Waals surface area contributed by atoms with Crippen molar-refractivity contribution in [1.29, 1.82) is 0 Å². The molecule has 0 spiro atoms. The second kappa shape index (κ2) is 10.2. The van der Waals surface area contributed by atoms with E-state index in [-0.39, 0.29) is 18.4 Å². The molecule has 2 N–H and O–H groups in total. The molecule has 0 saturated heterocycles. The summed E-state index contributed by atoms with van der Waals surface area (Å²) in [6.45, 7) is 4.60. The third-order valence-electron chi connectivity index (χ3n) is 4.70.